The minimum Gasteiger partial charge on any atom is -0.481 e. The van der Waals surface area contributed by atoms with Gasteiger partial charge in [0, 0.05) is 16.2 Å². The molecule has 1 aromatic rings. The predicted molar refractivity (Wildman–Crippen MR) is 78.1 cm³/mol. The van der Waals surface area contributed by atoms with Crippen molar-refractivity contribution in [3.05, 3.63) is 28.2 Å². The molecule has 0 spiro atoms. The standard InChI is InChI=1S/C14H16BrNO4/c15-9-4-5-12(11(7-9)14(19)20)16-10-3-1-2-8(6-10)13(17)18/h4-5,7-8,10,16H,1-3,6H2,(H,17,18)(H,19,20)/t8-,10+/m1/s1. The maximum absolute atomic E-state index is 11.2. The number of benzene rings is 1. The molecule has 108 valence electrons. The fourth-order valence-electron chi connectivity index (χ4n) is 2.58. The Morgan fingerprint density at radius 3 is 2.65 bits per heavy atom. The second kappa shape index (κ2) is 6.26. The highest BCUT2D eigenvalue weighted by Gasteiger charge is 2.27. The molecular formula is C14H16BrNO4. The lowest BCUT2D eigenvalue weighted by Crippen LogP contribution is -2.31. The van der Waals surface area contributed by atoms with Gasteiger partial charge in [-0.05, 0) is 37.5 Å². The van der Waals surface area contributed by atoms with E-state index >= 15 is 0 Å². The average molecular weight is 342 g/mol. The van der Waals surface area contributed by atoms with E-state index in [4.69, 9.17) is 5.11 Å². The van der Waals surface area contributed by atoms with E-state index in [-0.39, 0.29) is 17.5 Å². The molecule has 0 radical (unpaired) electrons. The van der Waals surface area contributed by atoms with Gasteiger partial charge in [-0.2, -0.15) is 0 Å². The molecule has 1 aliphatic rings. The van der Waals surface area contributed by atoms with Gasteiger partial charge in [-0.3, -0.25) is 4.79 Å². The molecule has 0 aliphatic heterocycles. The highest BCUT2D eigenvalue weighted by atomic mass is 79.9. The van der Waals surface area contributed by atoms with Crippen molar-refractivity contribution >= 4 is 33.6 Å². The zero-order chi connectivity index (χ0) is 14.7. The van der Waals surface area contributed by atoms with Crippen LogP contribution in [-0.4, -0.2) is 28.2 Å². The van der Waals surface area contributed by atoms with Gasteiger partial charge < -0.3 is 15.5 Å². The van der Waals surface area contributed by atoms with Gasteiger partial charge in [0.2, 0.25) is 0 Å². The number of aromatic carboxylic acids is 1. The Morgan fingerprint density at radius 2 is 2.00 bits per heavy atom. The Hall–Kier alpha value is -1.56. The Bertz CT molecular complexity index is 532. The normalized spacial score (nSPS) is 22.2. The molecule has 2 atom stereocenters. The quantitative estimate of drug-likeness (QED) is 0.782. The van der Waals surface area contributed by atoms with E-state index in [9.17, 15) is 14.7 Å². The van der Waals surface area contributed by atoms with Crippen molar-refractivity contribution in [3.8, 4) is 0 Å². The van der Waals surface area contributed by atoms with Crippen molar-refractivity contribution in [2.75, 3.05) is 5.32 Å². The first-order chi connectivity index (χ1) is 9.47. The number of rotatable bonds is 4. The SMILES string of the molecule is O=C(O)c1cc(Br)ccc1N[C@H]1CCC[C@@H](C(=O)O)C1. The van der Waals surface area contributed by atoms with Crippen LogP contribution in [0.4, 0.5) is 5.69 Å². The molecule has 1 aliphatic carbocycles. The van der Waals surface area contributed by atoms with Crippen LogP contribution in [-0.2, 0) is 4.79 Å². The van der Waals surface area contributed by atoms with Gasteiger partial charge in [-0.25, -0.2) is 4.79 Å². The molecule has 2 rings (SSSR count). The van der Waals surface area contributed by atoms with Gasteiger partial charge in [-0.15, -0.1) is 0 Å². The predicted octanol–water partition coefficient (Wildman–Crippen LogP) is 3.20. The van der Waals surface area contributed by atoms with Gasteiger partial charge in [0.15, 0.2) is 0 Å². The minimum absolute atomic E-state index is 0.00382. The second-order valence-electron chi connectivity index (χ2n) is 5.04. The fraction of sp³-hybridized carbons (Fsp3) is 0.429. The number of halogens is 1. The Labute approximate surface area is 125 Å². The molecule has 5 nitrogen and oxygen atoms in total. The van der Waals surface area contributed by atoms with Crippen molar-refractivity contribution in [2.45, 2.75) is 31.7 Å². The van der Waals surface area contributed by atoms with Crippen LogP contribution in [0.5, 0.6) is 0 Å². The van der Waals surface area contributed by atoms with Crippen molar-refractivity contribution in [2.24, 2.45) is 5.92 Å². The third-order valence-electron chi connectivity index (χ3n) is 3.60. The zero-order valence-corrected chi connectivity index (χ0v) is 12.4. The lowest BCUT2D eigenvalue weighted by molar-refractivity contribution is -0.142. The third-order valence-corrected chi connectivity index (χ3v) is 4.09. The number of hydrogen-bond donors (Lipinski definition) is 3. The number of hydrogen-bond acceptors (Lipinski definition) is 3. The summed E-state index contributed by atoms with van der Waals surface area (Å²) in [5, 5.41) is 21.5. The second-order valence-corrected chi connectivity index (χ2v) is 5.95. The number of anilines is 1. The van der Waals surface area contributed by atoms with Crippen LogP contribution in [0.2, 0.25) is 0 Å². The van der Waals surface area contributed by atoms with Crippen molar-refractivity contribution in [1.29, 1.82) is 0 Å². The van der Waals surface area contributed by atoms with Crippen molar-refractivity contribution in [1.82, 2.24) is 0 Å². The van der Waals surface area contributed by atoms with E-state index < -0.39 is 11.9 Å². The molecule has 1 aromatic carbocycles. The highest BCUT2D eigenvalue weighted by Crippen LogP contribution is 2.29. The number of carboxylic acid groups (broad SMARTS) is 2. The summed E-state index contributed by atoms with van der Waals surface area (Å²) in [6, 6.07) is 5.02. The first kappa shape index (κ1) is 14.8. The highest BCUT2D eigenvalue weighted by molar-refractivity contribution is 9.10. The number of carbonyl (C=O) groups is 2. The molecule has 0 unspecified atom stereocenters. The largest absolute Gasteiger partial charge is 0.481 e. The molecule has 0 bridgehead atoms. The summed E-state index contributed by atoms with van der Waals surface area (Å²) < 4.78 is 0.701. The lowest BCUT2D eigenvalue weighted by Gasteiger charge is -2.28. The van der Waals surface area contributed by atoms with Crippen LogP contribution in [0.3, 0.4) is 0 Å². The third kappa shape index (κ3) is 3.50. The lowest BCUT2D eigenvalue weighted by atomic mass is 9.85. The van der Waals surface area contributed by atoms with E-state index in [1.165, 1.54) is 0 Å². The van der Waals surface area contributed by atoms with Gasteiger partial charge in [0.05, 0.1) is 11.5 Å². The molecule has 20 heavy (non-hydrogen) atoms. The van der Waals surface area contributed by atoms with E-state index in [0.29, 0.717) is 23.0 Å². The smallest absolute Gasteiger partial charge is 0.337 e. The molecule has 0 amide bonds. The number of nitrogens with one attached hydrogen (secondary N) is 1. The Balaban J connectivity index is 2.13. The molecule has 3 N–H and O–H groups in total. The van der Waals surface area contributed by atoms with Gasteiger partial charge in [0.25, 0.3) is 0 Å². The maximum Gasteiger partial charge on any atom is 0.337 e. The molecule has 1 fully saturated rings. The van der Waals surface area contributed by atoms with Gasteiger partial charge in [-0.1, -0.05) is 22.4 Å². The van der Waals surface area contributed by atoms with Crippen LogP contribution in [0, 0.1) is 5.92 Å². The average Bonchev–Trinajstić information content (AvgIpc) is 2.41. The van der Waals surface area contributed by atoms with Crippen LogP contribution in [0.15, 0.2) is 22.7 Å². The maximum atomic E-state index is 11.2. The summed E-state index contributed by atoms with van der Waals surface area (Å²) in [5.41, 5.74) is 0.730. The van der Waals surface area contributed by atoms with Crippen LogP contribution in [0.1, 0.15) is 36.0 Å². The number of carboxylic acids is 2. The molecule has 0 aromatic heterocycles. The molecule has 0 heterocycles. The monoisotopic (exact) mass is 341 g/mol. The van der Waals surface area contributed by atoms with Crippen LogP contribution >= 0.6 is 15.9 Å². The van der Waals surface area contributed by atoms with Crippen molar-refractivity contribution < 1.29 is 19.8 Å². The minimum atomic E-state index is -1.00. The first-order valence-electron chi connectivity index (χ1n) is 6.49. The van der Waals surface area contributed by atoms with E-state index in [1.807, 2.05) is 0 Å². The first-order valence-corrected chi connectivity index (χ1v) is 7.29. The summed E-state index contributed by atoms with van der Waals surface area (Å²) in [5.74, 6) is -2.12. The molecule has 1 saturated carbocycles. The number of aliphatic carboxylic acids is 1. The van der Waals surface area contributed by atoms with Gasteiger partial charge >= 0.3 is 11.9 Å². The van der Waals surface area contributed by atoms with E-state index in [1.54, 1.807) is 18.2 Å². The summed E-state index contributed by atoms with van der Waals surface area (Å²) in [6.07, 6.45) is 2.93. The van der Waals surface area contributed by atoms with Crippen molar-refractivity contribution in [3.63, 3.8) is 0 Å². The van der Waals surface area contributed by atoms with E-state index in [0.717, 1.165) is 12.8 Å². The Kier molecular flexibility index (Phi) is 4.65. The fourth-order valence-corrected chi connectivity index (χ4v) is 2.95. The topological polar surface area (TPSA) is 86.6 Å². The molecule has 6 heteroatoms. The molecular weight excluding hydrogens is 326 g/mol. The van der Waals surface area contributed by atoms with Gasteiger partial charge in [0.1, 0.15) is 0 Å². The molecule has 0 saturated heterocycles. The summed E-state index contributed by atoms with van der Waals surface area (Å²) in [6.45, 7) is 0. The summed E-state index contributed by atoms with van der Waals surface area (Å²) in [4.78, 5) is 22.3. The van der Waals surface area contributed by atoms with Crippen LogP contribution in [0.25, 0.3) is 0 Å². The zero-order valence-electron chi connectivity index (χ0n) is 10.8. The summed E-state index contributed by atoms with van der Waals surface area (Å²) in [7, 11) is 0. The van der Waals surface area contributed by atoms with Crippen LogP contribution < -0.4 is 5.32 Å². The summed E-state index contributed by atoms with van der Waals surface area (Å²) >= 11 is 3.25. The van der Waals surface area contributed by atoms with E-state index in [2.05, 4.69) is 21.2 Å². The Morgan fingerprint density at radius 1 is 1.25 bits per heavy atom.